The second kappa shape index (κ2) is 4.83. The molecule has 1 aromatic rings. The summed E-state index contributed by atoms with van der Waals surface area (Å²) >= 11 is 6.26. The Balaban J connectivity index is 3.37. The maximum absolute atomic E-state index is 6.26. The molecule has 0 amide bonds. The minimum Gasteiger partial charge on any atom is -0.493 e. The molecule has 0 fully saturated rings. The number of rotatable bonds is 4. The second-order valence-corrected chi connectivity index (χ2v) is 4.83. The minimum atomic E-state index is -0.479. The van der Waals surface area contributed by atoms with Gasteiger partial charge in [-0.1, -0.05) is 0 Å². The van der Waals surface area contributed by atoms with Crippen LogP contribution < -0.4 is 14.2 Å². The molecule has 0 N–H and O–H groups in total. The van der Waals surface area contributed by atoms with Gasteiger partial charge >= 0.3 is 0 Å². The Bertz CT molecular complexity index is 344. The maximum atomic E-state index is 6.26. The molecule has 0 aliphatic carbocycles. The van der Waals surface area contributed by atoms with E-state index in [-0.39, 0.29) is 0 Å². The summed E-state index contributed by atoms with van der Waals surface area (Å²) in [6, 6.07) is 3.71. The van der Waals surface area contributed by atoms with Crippen LogP contribution in [0.25, 0.3) is 0 Å². The zero-order valence-electron chi connectivity index (χ0n) is 10.3. The van der Waals surface area contributed by atoms with Gasteiger partial charge in [0.25, 0.3) is 0 Å². The van der Waals surface area contributed by atoms with E-state index < -0.39 is 4.87 Å². The van der Waals surface area contributed by atoms with Gasteiger partial charge in [-0.15, -0.1) is 11.6 Å². The fraction of sp³-hybridized carbons (Fsp3) is 0.500. The topological polar surface area (TPSA) is 27.7 Å². The van der Waals surface area contributed by atoms with E-state index in [0.717, 1.165) is 5.56 Å². The van der Waals surface area contributed by atoms with Crippen molar-refractivity contribution in [2.45, 2.75) is 18.7 Å². The molecule has 16 heavy (non-hydrogen) atoms. The van der Waals surface area contributed by atoms with Crippen molar-refractivity contribution >= 4 is 11.6 Å². The summed E-state index contributed by atoms with van der Waals surface area (Å²) in [7, 11) is 4.75. The normalized spacial score (nSPS) is 11.1. The highest BCUT2D eigenvalue weighted by Crippen LogP contribution is 2.42. The van der Waals surface area contributed by atoms with Gasteiger partial charge in [-0.3, -0.25) is 0 Å². The molecule has 1 aromatic carbocycles. The van der Waals surface area contributed by atoms with E-state index in [1.807, 2.05) is 26.0 Å². The standard InChI is InChI=1S/C12H17ClO3/c1-12(2,13)8-6-9(14-3)11(16-5)10(7-8)15-4/h6-7H,1-5H3. The quantitative estimate of drug-likeness (QED) is 0.762. The Morgan fingerprint density at radius 1 is 0.938 bits per heavy atom. The van der Waals surface area contributed by atoms with Crippen LogP contribution in [0.4, 0.5) is 0 Å². The number of halogens is 1. The molecule has 1 rings (SSSR count). The largest absolute Gasteiger partial charge is 0.493 e. The molecule has 0 radical (unpaired) electrons. The number of hydrogen-bond donors (Lipinski definition) is 0. The molecule has 4 heteroatoms. The van der Waals surface area contributed by atoms with Gasteiger partial charge in [-0.2, -0.15) is 0 Å². The fourth-order valence-corrected chi connectivity index (χ4v) is 1.53. The third-order valence-corrected chi connectivity index (χ3v) is 2.57. The van der Waals surface area contributed by atoms with Crippen molar-refractivity contribution in [3.05, 3.63) is 17.7 Å². The number of ether oxygens (including phenoxy) is 3. The summed E-state index contributed by atoms with van der Waals surface area (Å²) in [5.41, 5.74) is 0.920. The molecule has 0 aromatic heterocycles. The molecule has 0 saturated carbocycles. The van der Waals surface area contributed by atoms with Crippen LogP contribution in [0.5, 0.6) is 17.2 Å². The Hall–Kier alpha value is -1.09. The predicted octanol–water partition coefficient (Wildman–Crippen LogP) is 3.19. The van der Waals surface area contributed by atoms with Gasteiger partial charge in [0.1, 0.15) is 0 Å². The van der Waals surface area contributed by atoms with E-state index in [9.17, 15) is 0 Å². The minimum absolute atomic E-state index is 0.479. The van der Waals surface area contributed by atoms with Gasteiger partial charge in [0, 0.05) is 0 Å². The summed E-state index contributed by atoms with van der Waals surface area (Å²) in [5.74, 6) is 1.81. The van der Waals surface area contributed by atoms with E-state index in [2.05, 4.69) is 0 Å². The van der Waals surface area contributed by atoms with E-state index in [0.29, 0.717) is 17.2 Å². The van der Waals surface area contributed by atoms with Crippen LogP contribution in [0.15, 0.2) is 12.1 Å². The summed E-state index contributed by atoms with van der Waals surface area (Å²) in [6.07, 6.45) is 0. The molecule has 0 heterocycles. The zero-order chi connectivity index (χ0) is 12.3. The van der Waals surface area contributed by atoms with Crippen molar-refractivity contribution in [1.82, 2.24) is 0 Å². The number of alkyl halides is 1. The van der Waals surface area contributed by atoms with Crippen LogP contribution in [-0.4, -0.2) is 21.3 Å². The van der Waals surface area contributed by atoms with E-state index in [1.165, 1.54) is 0 Å². The summed E-state index contributed by atoms with van der Waals surface area (Å²) in [4.78, 5) is -0.479. The molecule has 90 valence electrons. The molecule has 0 aliphatic rings. The maximum Gasteiger partial charge on any atom is 0.203 e. The van der Waals surface area contributed by atoms with Crippen molar-refractivity contribution in [2.75, 3.05) is 21.3 Å². The predicted molar refractivity (Wildman–Crippen MR) is 65.0 cm³/mol. The number of hydrogen-bond acceptors (Lipinski definition) is 3. The second-order valence-electron chi connectivity index (χ2n) is 3.89. The molecule has 0 unspecified atom stereocenters. The SMILES string of the molecule is COc1cc(C(C)(C)Cl)cc(OC)c1OC. The van der Waals surface area contributed by atoms with Crippen LogP contribution in [0, 0.1) is 0 Å². The summed E-state index contributed by atoms with van der Waals surface area (Å²) < 4.78 is 15.7. The number of benzene rings is 1. The number of methoxy groups -OCH3 is 3. The van der Waals surface area contributed by atoms with Crippen molar-refractivity contribution in [2.24, 2.45) is 0 Å². The first kappa shape index (κ1) is 13.0. The highest BCUT2D eigenvalue weighted by atomic mass is 35.5. The first-order valence-corrected chi connectivity index (χ1v) is 5.31. The molecule has 0 spiro atoms. The highest BCUT2D eigenvalue weighted by Gasteiger charge is 2.22. The monoisotopic (exact) mass is 244 g/mol. The van der Waals surface area contributed by atoms with E-state index in [1.54, 1.807) is 21.3 Å². The molecule has 0 aliphatic heterocycles. The Morgan fingerprint density at radius 3 is 1.62 bits per heavy atom. The van der Waals surface area contributed by atoms with Gasteiger partial charge in [-0.05, 0) is 31.5 Å². The summed E-state index contributed by atoms with van der Waals surface area (Å²) in [6.45, 7) is 3.82. The third kappa shape index (κ3) is 2.53. The lowest BCUT2D eigenvalue weighted by atomic mass is 10.0. The fourth-order valence-electron chi connectivity index (χ4n) is 1.42. The molecular formula is C12H17ClO3. The van der Waals surface area contributed by atoms with Crippen molar-refractivity contribution in [3.8, 4) is 17.2 Å². The Labute approximate surface area is 101 Å². The smallest absolute Gasteiger partial charge is 0.203 e. The molecule has 0 bridgehead atoms. The van der Waals surface area contributed by atoms with Gasteiger partial charge in [0.15, 0.2) is 11.5 Å². The lowest BCUT2D eigenvalue weighted by molar-refractivity contribution is 0.323. The van der Waals surface area contributed by atoms with Crippen LogP contribution in [0.2, 0.25) is 0 Å². The van der Waals surface area contributed by atoms with E-state index in [4.69, 9.17) is 25.8 Å². The van der Waals surface area contributed by atoms with Crippen LogP contribution in [0.1, 0.15) is 19.4 Å². The zero-order valence-corrected chi connectivity index (χ0v) is 11.0. The highest BCUT2D eigenvalue weighted by molar-refractivity contribution is 6.23. The lowest BCUT2D eigenvalue weighted by Gasteiger charge is -2.20. The average Bonchev–Trinajstić information content (AvgIpc) is 2.25. The van der Waals surface area contributed by atoms with E-state index >= 15 is 0 Å². The van der Waals surface area contributed by atoms with Crippen LogP contribution in [-0.2, 0) is 4.87 Å². The summed E-state index contributed by atoms with van der Waals surface area (Å²) in [5, 5.41) is 0. The van der Waals surface area contributed by atoms with Crippen molar-refractivity contribution < 1.29 is 14.2 Å². The molecule has 3 nitrogen and oxygen atoms in total. The Kier molecular flexibility index (Phi) is 3.92. The van der Waals surface area contributed by atoms with Crippen molar-refractivity contribution in [3.63, 3.8) is 0 Å². The first-order valence-electron chi connectivity index (χ1n) is 4.93. The van der Waals surface area contributed by atoms with Gasteiger partial charge in [-0.25, -0.2) is 0 Å². The molecular weight excluding hydrogens is 228 g/mol. The molecule has 0 saturated heterocycles. The van der Waals surface area contributed by atoms with Crippen molar-refractivity contribution in [1.29, 1.82) is 0 Å². The average molecular weight is 245 g/mol. The van der Waals surface area contributed by atoms with Gasteiger partial charge in [0.05, 0.1) is 26.2 Å². The third-order valence-electron chi connectivity index (χ3n) is 2.35. The van der Waals surface area contributed by atoms with Crippen LogP contribution in [0.3, 0.4) is 0 Å². The van der Waals surface area contributed by atoms with Crippen LogP contribution >= 0.6 is 11.6 Å². The van der Waals surface area contributed by atoms with Gasteiger partial charge in [0.2, 0.25) is 5.75 Å². The first-order chi connectivity index (χ1) is 7.43. The lowest BCUT2D eigenvalue weighted by Crippen LogP contribution is -2.08. The molecule has 0 atom stereocenters. The Morgan fingerprint density at radius 2 is 1.38 bits per heavy atom. The van der Waals surface area contributed by atoms with Gasteiger partial charge < -0.3 is 14.2 Å².